The lowest BCUT2D eigenvalue weighted by atomic mass is 10.1. The van der Waals surface area contributed by atoms with E-state index in [1.807, 2.05) is 4.90 Å². The molecule has 2 heterocycles. The van der Waals surface area contributed by atoms with Gasteiger partial charge >= 0.3 is 0 Å². The first-order valence-electron chi connectivity index (χ1n) is 6.94. The molecule has 20 heavy (non-hydrogen) atoms. The monoisotopic (exact) mass is 276 g/mol. The fourth-order valence-electron chi connectivity index (χ4n) is 2.29. The average molecular weight is 276 g/mol. The molecule has 1 aromatic heterocycles. The van der Waals surface area contributed by atoms with Crippen LogP contribution in [0.5, 0.6) is 0 Å². The summed E-state index contributed by atoms with van der Waals surface area (Å²) < 4.78 is 0. The molecule has 3 N–H and O–H groups in total. The minimum Gasteiger partial charge on any atom is -0.384 e. The smallest absolute Gasteiger partial charge is 0.267 e. The second-order valence-corrected chi connectivity index (χ2v) is 4.91. The fraction of sp³-hybridized carbons (Fsp3) is 0.500. The molecule has 1 aromatic rings. The van der Waals surface area contributed by atoms with Gasteiger partial charge in [-0.1, -0.05) is 0 Å². The lowest BCUT2D eigenvalue weighted by Crippen LogP contribution is -2.36. The second kappa shape index (κ2) is 6.88. The van der Waals surface area contributed by atoms with Gasteiger partial charge in [-0.25, -0.2) is 0 Å². The number of pyridine rings is 1. The molecule has 0 atom stereocenters. The summed E-state index contributed by atoms with van der Waals surface area (Å²) in [4.78, 5) is 28.8. The zero-order chi connectivity index (χ0) is 14.4. The molecule has 108 valence electrons. The molecule has 0 spiro atoms. The van der Waals surface area contributed by atoms with Gasteiger partial charge in [0.25, 0.3) is 5.91 Å². The Balaban J connectivity index is 1.79. The zero-order valence-corrected chi connectivity index (χ0v) is 11.5. The summed E-state index contributed by atoms with van der Waals surface area (Å²) in [6, 6.07) is 3.34. The normalized spacial score (nSPS) is 14.9. The number of hydrogen-bond donors (Lipinski definition) is 2. The van der Waals surface area contributed by atoms with Crippen molar-refractivity contribution in [3.63, 3.8) is 0 Å². The summed E-state index contributed by atoms with van der Waals surface area (Å²) in [7, 11) is 0. The summed E-state index contributed by atoms with van der Waals surface area (Å²) in [6.07, 6.45) is 5.40. The Hall–Kier alpha value is -2.11. The van der Waals surface area contributed by atoms with Gasteiger partial charge in [0, 0.05) is 37.9 Å². The van der Waals surface area contributed by atoms with Crippen molar-refractivity contribution in [2.45, 2.75) is 25.7 Å². The summed E-state index contributed by atoms with van der Waals surface area (Å²) in [5.74, 6) is -0.376. The molecule has 0 aliphatic carbocycles. The number of nitrogens with two attached hydrogens (primary N) is 1. The number of nitrogens with one attached hydrogen (secondary N) is 1. The van der Waals surface area contributed by atoms with Gasteiger partial charge in [0.1, 0.15) is 5.69 Å². The van der Waals surface area contributed by atoms with Crippen LogP contribution in [-0.4, -0.2) is 41.3 Å². The maximum atomic E-state index is 12.0. The van der Waals surface area contributed by atoms with Crippen LogP contribution in [0, 0.1) is 0 Å². The number of hydrogen-bond acceptors (Lipinski definition) is 4. The summed E-state index contributed by atoms with van der Waals surface area (Å²) >= 11 is 0. The third-order valence-electron chi connectivity index (χ3n) is 3.39. The van der Waals surface area contributed by atoms with Crippen molar-refractivity contribution >= 4 is 17.5 Å². The maximum Gasteiger partial charge on any atom is 0.267 e. The van der Waals surface area contributed by atoms with Crippen LogP contribution >= 0.6 is 0 Å². The number of rotatable bonds is 5. The molecule has 0 saturated carbocycles. The van der Waals surface area contributed by atoms with Gasteiger partial charge in [0.2, 0.25) is 5.91 Å². The van der Waals surface area contributed by atoms with Gasteiger partial charge in [0.15, 0.2) is 0 Å². The Morgan fingerprint density at radius 2 is 2.05 bits per heavy atom. The third-order valence-corrected chi connectivity index (χ3v) is 3.39. The molecule has 6 heteroatoms. The number of primary amides is 1. The van der Waals surface area contributed by atoms with Gasteiger partial charge in [0.05, 0.1) is 0 Å². The van der Waals surface area contributed by atoms with Gasteiger partial charge in [-0.3, -0.25) is 14.6 Å². The van der Waals surface area contributed by atoms with E-state index in [1.165, 1.54) is 12.6 Å². The highest BCUT2D eigenvalue weighted by molar-refractivity contribution is 5.91. The molecule has 2 amide bonds. The molecule has 0 unspecified atom stereocenters. The SMILES string of the molecule is NC(=O)c1cc(NCCC(=O)N2CCCCC2)ccn1. The average Bonchev–Trinajstić information content (AvgIpc) is 2.48. The van der Waals surface area contributed by atoms with Crippen LogP contribution < -0.4 is 11.1 Å². The molecule has 2 rings (SSSR count). The van der Waals surface area contributed by atoms with Gasteiger partial charge in [-0.15, -0.1) is 0 Å². The summed E-state index contributed by atoms with van der Waals surface area (Å²) in [5, 5.41) is 3.11. The van der Waals surface area contributed by atoms with Crippen LogP contribution in [0.3, 0.4) is 0 Å². The number of amides is 2. The number of likely N-dealkylation sites (tertiary alicyclic amines) is 1. The van der Waals surface area contributed by atoms with Crippen LogP contribution in [0.15, 0.2) is 18.3 Å². The molecule has 1 aliphatic heterocycles. The van der Waals surface area contributed by atoms with Crippen molar-refractivity contribution in [2.75, 3.05) is 25.0 Å². The molecule has 0 bridgehead atoms. The number of nitrogens with zero attached hydrogens (tertiary/aromatic N) is 2. The van der Waals surface area contributed by atoms with Crippen molar-refractivity contribution in [3.8, 4) is 0 Å². The Labute approximate surface area is 118 Å². The predicted molar refractivity (Wildman–Crippen MR) is 76.3 cm³/mol. The molecule has 0 radical (unpaired) electrons. The molecule has 1 saturated heterocycles. The van der Waals surface area contributed by atoms with E-state index >= 15 is 0 Å². The van der Waals surface area contributed by atoms with E-state index in [1.54, 1.807) is 12.1 Å². The molecular weight excluding hydrogens is 256 g/mol. The first-order valence-corrected chi connectivity index (χ1v) is 6.94. The third kappa shape index (κ3) is 3.94. The number of aromatic nitrogens is 1. The van der Waals surface area contributed by atoms with Crippen molar-refractivity contribution in [3.05, 3.63) is 24.0 Å². The van der Waals surface area contributed by atoms with E-state index < -0.39 is 5.91 Å². The first kappa shape index (κ1) is 14.3. The molecule has 0 aromatic carbocycles. The Kier molecular flexibility index (Phi) is 4.92. The molecule has 1 aliphatic rings. The molecule has 1 fully saturated rings. The summed E-state index contributed by atoms with van der Waals surface area (Å²) in [5.41, 5.74) is 6.14. The molecular formula is C14H20N4O2. The van der Waals surface area contributed by atoms with Crippen LogP contribution in [0.4, 0.5) is 5.69 Å². The minimum atomic E-state index is -0.557. The molecule has 6 nitrogen and oxygen atoms in total. The van der Waals surface area contributed by atoms with Crippen LogP contribution in [-0.2, 0) is 4.79 Å². The quantitative estimate of drug-likeness (QED) is 0.839. The van der Waals surface area contributed by atoms with E-state index in [2.05, 4.69) is 10.3 Å². The Morgan fingerprint density at radius 1 is 1.30 bits per heavy atom. The number of anilines is 1. The van der Waals surface area contributed by atoms with Crippen molar-refractivity contribution in [1.82, 2.24) is 9.88 Å². The van der Waals surface area contributed by atoms with Gasteiger partial charge in [-0.05, 0) is 31.4 Å². The highest BCUT2D eigenvalue weighted by Crippen LogP contribution is 2.11. The minimum absolute atomic E-state index is 0.182. The largest absolute Gasteiger partial charge is 0.384 e. The number of carbonyl (C=O) groups is 2. The van der Waals surface area contributed by atoms with E-state index in [4.69, 9.17) is 5.73 Å². The first-order chi connectivity index (χ1) is 9.66. The Morgan fingerprint density at radius 3 is 2.75 bits per heavy atom. The lowest BCUT2D eigenvalue weighted by Gasteiger charge is -2.26. The second-order valence-electron chi connectivity index (χ2n) is 4.91. The topological polar surface area (TPSA) is 88.3 Å². The summed E-state index contributed by atoms with van der Waals surface area (Å²) in [6.45, 7) is 2.29. The van der Waals surface area contributed by atoms with Crippen LogP contribution in [0.25, 0.3) is 0 Å². The standard InChI is InChI=1S/C14H20N4O2/c15-14(20)12-10-11(4-6-17-12)16-7-5-13(19)18-8-2-1-3-9-18/h4,6,10H,1-3,5,7-9H2,(H2,15,20)(H,16,17). The van der Waals surface area contributed by atoms with E-state index in [-0.39, 0.29) is 11.6 Å². The highest BCUT2D eigenvalue weighted by Gasteiger charge is 2.15. The van der Waals surface area contributed by atoms with E-state index in [0.717, 1.165) is 31.6 Å². The van der Waals surface area contributed by atoms with Crippen LogP contribution in [0.1, 0.15) is 36.2 Å². The predicted octanol–water partition coefficient (Wildman–Crippen LogP) is 0.995. The lowest BCUT2D eigenvalue weighted by molar-refractivity contribution is -0.131. The Bertz CT molecular complexity index is 484. The van der Waals surface area contributed by atoms with Crippen molar-refractivity contribution in [2.24, 2.45) is 5.73 Å². The number of carbonyl (C=O) groups excluding carboxylic acids is 2. The zero-order valence-electron chi connectivity index (χ0n) is 11.5. The van der Waals surface area contributed by atoms with Crippen LogP contribution in [0.2, 0.25) is 0 Å². The van der Waals surface area contributed by atoms with Crippen molar-refractivity contribution < 1.29 is 9.59 Å². The van der Waals surface area contributed by atoms with Gasteiger partial charge in [-0.2, -0.15) is 0 Å². The van der Waals surface area contributed by atoms with E-state index in [0.29, 0.717) is 13.0 Å². The number of piperidine rings is 1. The highest BCUT2D eigenvalue weighted by atomic mass is 16.2. The van der Waals surface area contributed by atoms with E-state index in [9.17, 15) is 9.59 Å². The van der Waals surface area contributed by atoms with Gasteiger partial charge < -0.3 is 16.0 Å². The van der Waals surface area contributed by atoms with Crippen molar-refractivity contribution in [1.29, 1.82) is 0 Å². The maximum absolute atomic E-state index is 12.0. The fourth-order valence-corrected chi connectivity index (χ4v) is 2.29.